The topological polar surface area (TPSA) is 105 Å². The highest BCUT2D eigenvalue weighted by Crippen LogP contribution is 2.65. The Balaban J connectivity index is 0.000000273. The van der Waals surface area contributed by atoms with Gasteiger partial charge in [0.25, 0.3) is 0 Å². The van der Waals surface area contributed by atoms with E-state index in [1.54, 1.807) is 27.7 Å². The molecule has 0 saturated heterocycles. The number of carbonyl (C=O) groups is 4. The fourth-order valence-corrected chi connectivity index (χ4v) is 5.02. The molecular formula is C26H38O8. The third kappa shape index (κ3) is 7.43. The van der Waals surface area contributed by atoms with Gasteiger partial charge in [-0.25, -0.2) is 9.59 Å². The molecule has 0 radical (unpaired) electrons. The normalized spacial score (nSPS) is 27.5. The molecule has 0 amide bonds. The van der Waals surface area contributed by atoms with Gasteiger partial charge < -0.3 is 18.9 Å². The van der Waals surface area contributed by atoms with Gasteiger partial charge in [-0.1, -0.05) is 13.2 Å². The van der Waals surface area contributed by atoms with Gasteiger partial charge in [0, 0.05) is 18.1 Å². The maximum Gasteiger partial charge on any atom is 0.333 e. The molecule has 3 aliphatic carbocycles. The maximum absolute atomic E-state index is 12.1. The monoisotopic (exact) mass is 478 g/mol. The molecule has 0 aliphatic heterocycles. The smallest absolute Gasteiger partial charge is 0.333 e. The van der Waals surface area contributed by atoms with Crippen LogP contribution in [-0.2, 0) is 38.1 Å². The van der Waals surface area contributed by atoms with Crippen molar-refractivity contribution in [3.63, 3.8) is 0 Å². The summed E-state index contributed by atoms with van der Waals surface area (Å²) in [7, 11) is 0. The second-order valence-corrected chi connectivity index (χ2v) is 9.83. The molecule has 190 valence electrons. The Morgan fingerprint density at radius 2 is 1.21 bits per heavy atom. The molecule has 34 heavy (non-hydrogen) atoms. The lowest BCUT2D eigenvalue weighted by Gasteiger charge is -2.57. The van der Waals surface area contributed by atoms with Gasteiger partial charge in [0.2, 0.25) is 0 Å². The van der Waals surface area contributed by atoms with E-state index in [1.807, 2.05) is 0 Å². The van der Waals surface area contributed by atoms with Gasteiger partial charge in [-0.2, -0.15) is 0 Å². The van der Waals surface area contributed by atoms with E-state index in [-0.39, 0.29) is 31.1 Å². The standard InChI is InChI=1S/C17H24O4.C9H14O4/c1-9(2)16(18)21-10(3)8-20-17(19)11-6-14-12-4-5-13(12)15(14)7-11;1-6(2)9(11)12-5-7(3)13-8(4)10/h10-15H,1,4-8H2,2-3H3;7H,1,5H2,2-4H3. The molecule has 8 nitrogen and oxygen atoms in total. The first-order chi connectivity index (χ1) is 15.9. The number of ether oxygens (including phenoxy) is 4. The van der Waals surface area contributed by atoms with E-state index in [1.165, 1.54) is 19.8 Å². The van der Waals surface area contributed by atoms with Crippen molar-refractivity contribution in [1.82, 2.24) is 0 Å². The van der Waals surface area contributed by atoms with Gasteiger partial charge >= 0.3 is 23.9 Å². The molecule has 3 rings (SSSR count). The van der Waals surface area contributed by atoms with Crippen molar-refractivity contribution in [2.24, 2.45) is 29.6 Å². The van der Waals surface area contributed by atoms with Gasteiger partial charge in [0.1, 0.15) is 25.4 Å². The number of hydrogen-bond donors (Lipinski definition) is 0. The Morgan fingerprint density at radius 1 is 0.735 bits per heavy atom. The molecule has 3 fully saturated rings. The molecule has 8 heteroatoms. The third-order valence-electron chi connectivity index (χ3n) is 6.76. The van der Waals surface area contributed by atoms with E-state index in [4.69, 9.17) is 18.9 Å². The van der Waals surface area contributed by atoms with Crippen molar-refractivity contribution >= 4 is 23.9 Å². The summed E-state index contributed by atoms with van der Waals surface area (Å²) in [6.07, 6.45) is 3.89. The third-order valence-corrected chi connectivity index (χ3v) is 6.76. The molecule has 0 bridgehead atoms. The van der Waals surface area contributed by atoms with Crippen LogP contribution in [0.15, 0.2) is 24.3 Å². The number of esters is 4. The SMILES string of the molecule is C=C(C)C(=O)OC(C)COC(=O)C1CC2C3CCC3C2C1.C=C(C)C(=O)OCC(C)OC(C)=O. The zero-order valence-corrected chi connectivity index (χ0v) is 21.0. The zero-order chi connectivity index (χ0) is 25.6. The highest BCUT2D eigenvalue weighted by molar-refractivity contribution is 5.87. The van der Waals surface area contributed by atoms with Crippen LogP contribution < -0.4 is 0 Å². The minimum atomic E-state index is -0.473. The molecule has 0 aromatic rings. The highest BCUT2D eigenvalue weighted by atomic mass is 16.6. The molecule has 0 aromatic heterocycles. The molecule has 0 N–H and O–H groups in total. The zero-order valence-electron chi connectivity index (χ0n) is 21.0. The molecule has 0 spiro atoms. The van der Waals surface area contributed by atoms with Crippen LogP contribution in [0.25, 0.3) is 0 Å². The summed E-state index contributed by atoms with van der Waals surface area (Å²) >= 11 is 0. The minimum absolute atomic E-state index is 0.0608. The van der Waals surface area contributed by atoms with Crippen LogP contribution in [0.5, 0.6) is 0 Å². The summed E-state index contributed by atoms with van der Waals surface area (Å²) < 4.78 is 19.9. The van der Waals surface area contributed by atoms with Crippen molar-refractivity contribution in [2.45, 2.75) is 72.5 Å². The van der Waals surface area contributed by atoms with Crippen LogP contribution >= 0.6 is 0 Å². The minimum Gasteiger partial charge on any atom is -0.462 e. The Hall–Kier alpha value is -2.64. The molecule has 3 aliphatic rings. The predicted molar refractivity (Wildman–Crippen MR) is 124 cm³/mol. The number of fused-ring (bicyclic) bond motifs is 4. The maximum atomic E-state index is 12.1. The first-order valence-electron chi connectivity index (χ1n) is 11.9. The van der Waals surface area contributed by atoms with Crippen molar-refractivity contribution in [3.8, 4) is 0 Å². The van der Waals surface area contributed by atoms with Crippen LogP contribution in [-0.4, -0.2) is 49.3 Å². The molecule has 6 unspecified atom stereocenters. The van der Waals surface area contributed by atoms with Gasteiger partial charge in [-0.3, -0.25) is 9.59 Å². The molecule has 0 heterocycles. The average molecular weight is 479 g/mol. The highest BCUT2D eigenvalue weighted by Gasteiger charge is 2.59. The van der Waals surface area contributed by atoms with Crippen molar-refractivity contribution in [1.29, 1.82) is 0 Å². The van der Waals surface area contributed by atoms with E-state index < -0.39 is 24.1 Å². The van der Waals surface area contributed by atoms with Crippen LogP contribution in [0.4, 0.5) is 0 Å². The predicted octanol–water partition coefficient (Wildman–Crippen LogP) is 3.78. The van der Waals surface area contributed by atoms with Gasteiger partial charge in [-0.15, -0.1) is 0 Å². The van der Waals surface area contributed by atoms with Crippen LogP contribution in [0.3, 0.4) is 0 Å². The molecular weight excluding hydrogens is 440 g/mol. The largest absolute Gasteiger partial charge is 0.462 e. The first kappa shape index (κ1) is 27.6. The van der Waals surface area contributed by atoms with E-state index in [0.29, 0.717) is 11.1 Å². The Morgan fingerprint density at radius 3 is 1.65 bits per heavy atom. The van der Waals surface area contributed by atoms with Crippen molar-refractivity contribution in [2.75, 3.05) is 13.2 Å². The lowest BCUT2D eigenvalue weighted by Crippen LogP contribution is -2.50. The summed E-state index contributed by atoms with van der Waals surface area (Å²) in [5.41, 5.74) is 0.686. The Kier molecular flexibility index (Phi) is 9.89. The molecule has 3 saturated carbocycles. The summed E-state index contributed by atoms with van der Waals surface area (Å²) in [4.78, 5) is 44.8. The Bertz CT molecular complexity index is 798. The Labute approximate surface area is 202 Å². The fraction of sp³-hybridized carbons (Fsp3) is 0.692. The quantitative estimate of drug-likeness (QED) is 0.280. The van der Waals surface area contributed by atoms with Crippen LogP contribution in [0, 0.1) is 29.6 Å². The average Bonchev–Trinajstić information content (AvgIpc) is 3.09. The van der Waals surface area contributed by atoms with E-state index in [9.17, 15) is 19.2 Å². The summed E-state index contributed by atoms with van der Waals surface area (Å²) in [5.74, 6) is 2.02. The van der Waals surface area contributed by atoms with E-state index in [0.717, 1.165) is 36.5 Å². The van der Waals surface area contributed by atoms with Gasteiger partial charge in [0.15, 0.2) is 0 Å². The first-order valence-corrected chi connectivity index (χ1v) is 11.9. The molecule has 0 aromatic carbocycles. The summed E-state index contributed by atoms with van der Waals surface area (Å²) in [5, 5.41) is 0. The fourth-order valence-electron chi connectivity index (χ4n) is 5.02. The van der Waals surface area contributed by atoms with E-state index >= 15 is 0 Å². The van der Waals surface area contributed by atoms with Gasteiger partial charge in [0.05, 0.1) is 5.92 Å². The van der Waals surface area contributed by atoms with Crippen molar-refractivity contribution < 1.29 is 38.1 Å². The lowest BCUT2D eigenvalue weighted by atomic mass is 9.48. The van der Waals surface area contributed by atoms with Crippen LogP contribution in [0.2, 0.25) is 0 Å². The number of rotatable bonds is 9. The van der Waals surface area contributed by atoms with Crippen molar-refractivity contribution in [3.05, 3.63) is 24.3 Å². The van der Waals surface area contributed by atoms with Gasteiger partial charge in [-0.05, 0) is 77.0 Å². The number of carbonyl (C=O) groups excluding carboxylic acids is 4. The van der Waals surface area contributed by atoms with E-state index in [2.05, 4.69) is 13.2 Å². The summed E-state index contributed by atoms with van der Waals surface area (Å²) in [6.45, 7) is 15.0. The lowest BCUT2D eigenvalue weighted by molar-refractivity contribution is -0.158. The second-order valence-electron chi connectivity index (χ2n) is 9.83. The summed E-state index contributed by atoms with van der Waals surface area (Å²) in [6, 6.07) is 0. The van der Waals surface area contributed by atoms with Crippen LogP contribution in [0.1, 0.15) is 60.3 Å². The second kappa shape index (κ2) is 12.2. The molecule has 6 atom stereocenters. The number of hydrogen-bond acceptors (Lipinski definition) is 8.